The molecular weight excluding hydrogens is 286 g/mol. The maximum Gasteiger partial charge on any atom is 0.271 e. The summed E-state index contributed by atoms with van der Waals surface area (Å²) in [5, 5.41) is 0. The summed E-state index contributed by atoms with van der Waals surface area (Å²) in [6.07, 6.45) is 1.65. The normalized spacial score (nSPS) is 16.3. The van der Waals surface area contributed by atoms with E-state index in [9.17, 15) is 4.79 Å². The van der Waals surface area contributed by atoms with E-state index in [1.807, 2.05) is 26.0 Å². The number of nitrogen functional groups attached to an aromatic ring is 1. The summed E-state index contributed by atoms with van der Waals surface area (Å²) in [5.41, 5.74) is 11.9. The van der Waals surface area contributed by atoms with E-state index < -0.39 is 5.60 Å². The van der Waals surface area contributed by atoms with Crippen molar-refractivity contribution in [1.29, 1.82) is 0 Å². The number of nitrogens with two attached hydrogens (primary N) is 2. The quantitative estimate of drug-likeness (QED) is 0.644. The molecule has 114 valence electrons. The highest BCUT2D eigenvalue weighted by atomic mass is 32.1. The lowest BCUT2D eigenvalue weighted by Crippen LogP contribution is -2.56. The van der Waals surface area contributed by atoms with E-state index in [1.165, 1.54) is 0 Å². The Balaban J connectivity index is 2.50. The first kappa shape index (κ1) is 15.6. The number of nitrogens with zero attached hydrogens (tertiary/aromatic N) is 1. The lowest BCUT2D eigenvalue weighted by molar-refractivity contribution is -0.136. The van der Waals surface area contributed by atoms with Gasteiger partial charge in [0.25, 0.3) is 5.91 Å². The fourth-order valence-electron chi connectivity index (χ4n) is 2.64. The highest BCUT2D eigenvalue weighted by Gasteiger charge is 2.46. The number of hydrogen-bond donors (Lipinski definition) is 2. The molecule has 0 radical (unpaired) electrons. The average Bonchev–Trinajstić information content (AvgIpc) is 2.46. The van der Waals surface area contributed by atoms with Crippen LogP contribution in [-0.2, 0) is 4.79 Å². The van der Waals surface area contributed by atoms with Crippen molar-refractivity contribution in [2.45, 2.75) is 38.7 Å². The van der Waals surface area contributed by atoms with E-state index in [-0.39, 0.29) is 5.91 Å². The number of fused-ring (bicyclic) bond motifs is 1. The molecule has 1 aliphatic rings. The molecule has 0 atom stereocenters. The first-order valence-corrected chi connectivity index (χ1v) is 7.53. The Kier molecular flexibility index (Phi) is 4.37. The van der Waals surface area contributed by atoms with Crippen molar-refractivity contribution in [3.63, 3.8) is 0 Å². The molecule has 0 unspecified atom stereocenters. The molecule has 6 heteroatoms. The molecule has 1 heterocycles. The Hall–Kier alpha value is -1.82. The molecule has 1 aromatic carbocycles. The molecule has 0 aliphatic carbocycles. The van der Waals surface area contributed by atoms with E-state index in [0.717, 1.165) is 0 Å². The zero-order valence-electron chi connectivity index (χ0n) is 12.4. The highest BCUT2D eigenvalue weighted by Crippen LogP contribution is 2.43. The third kappa shape index (κ3) is 2.68. The van der Waals surface area contributed by atoms with Gasteiger partial charge < -0.3 is 21.1 Å². The molecule has 5 nitrogen and oxygen atoms in total. The third-order valence-electron chi connectivity index (χ3n) is 3.96. The number of ether oxygens (including phenoxy) is 1. The number of amides is 1. The van der Waals surface area contributed by atoms with Gasteiger partial charge in [-0.1, -0.05) is 32.1 Å². The van der Waals surface area contributed by atoms with E-state index in [4.69, 9.17) is 28.4 Å². The molecule has 21 heavy (non-hydrogen) atoms. The van der Waals surface area contributed by atoms with Crippen molar-refractivity contribution in [2.24, 2.45) is 5.73 Å². The second-order valence-corrected chi connectivity index (χ2v) is 5.69. The summed E-state index contributed by atoms with van der Waals surface area (Å²) < 4.78 is 6.01. The van der Waals surface area contributed by atoms with E-state index in [0.29, 0.717) is 47.9 Å². The lowest BCUT2D eigenvalue weighted by atomic mass is 9.92. The topological polar surface area (TPSA) is 81.6 Å². The Bertz CT molecular complexity index is 570. The van der Waals surface area contributed by atoms with Crippen LogP contribution in [-0.4, -0.2) is 23.0 Å². The third-order valence-corrected chi connectivity index (χ3v) is 4.17. The molecule has 0 spiro atoms. The van der Waals surface area contributed by atoms with Gasteiger partial charge in [0.15, 0.2) is 5.60 Å². The summed E-state index contributed by atoms with van der Waals surface area (Å²) in [7, 11) is 0. The summed E-state index contributed by atoms with van der Waals surface area (Å²) in [5.74, 6) is 0.565. The standard InChI is InChI=1S/C15H21N3O2S/c1-3-15(4-2)14(19)18(9-8-12(17)21)13-10(16)6-5-7-11(13)20-15/h5-7H,3-4,8-9,16H2,1-2H3,(H2,17,21). The molecular formula is C15H21N3O2S. The van der Waals surface area contributed by atoms with Crippen LogP contribution in [0.1, 0.15) is 33.1 Å². The number of para-hydroxylation sites is 1. The highest BCUT2D eigenvalue weighted by molar-refractivity contribution is 7.80. The number of rotatable bonds is 5. The Morgan fingerprint density at radius 1 is 1.38 bits per heavy atom. The van der Waals surface area contributed by atoms with Crippen LogP contribution in [0, 0.1) is 0 Å². The van der Waals surface area contributed by atoms with Crippen molar-refractivity contribution in [3.8, 4) is 5.75 Å². The van der Waals surface area contributed by atoms with E-state index >= 15 is 0 Å². The van der Waals surface area contributed by atoms with Crippen LogP contribution < -0.4 is 21.1 Å². The first-order chi connectivity index (χ1) is 9.95. The van der Waals surface area contributed by atoms with Crippen LogP contribution in [0.2, 0.25) is 0 Å². The Morgan fingerprint density at radius 3 is 2.62 bits per heavy atom. The lowest BCUT2D eigenvalue weighted by Gasteiger charge is -2.42. The van der Waals surface area contributed by atoms with Gasteiger partial charge in [-0.2, -0.15) is 0 Å². The Labute approximate surface area is 130 Å². The van der Waals surface area contributed by atoms with Crippen molar-refractivity contribution in [1.82, 2.24) is 0 Å². The van der Waals surface area contributed by atoms with Crippen molar-refractivity contribution < 1.29 is 9.53 Å². The number of anilines is 2. The molecule has 0 aromatic heterocycles. The van der Waals surface area contributed by atoms with Gasteiger partial charge in [0, 0.05) is 13.0 Å². The van der Waals surface area contributed by atoms with Gasteiger partial charge in [0.1, 0.15) is 11.4 Å². The molecule has 1 aliphatic heterocycles. The Morgan fingerprint density at radius 2 is 2.05 bits per heavy atom. The first-order valence-electron chi connectivity index (χ1n) is 7.13. The van der Waals surface area contributed by atoms with E-state index in [2.05, 4.69) is 0 Å². The summed E-state index contributed by atoms with van der Waals surface area (Å²) >= 11 is 4.93. The summed E-state index contributed by atoms with van der Waals surface area (Å²) in [6.45, 7) is 4.31. The van der Waals surface area contributed by atoms with Gasteiger partial charge in [-0.05, 0) is 25.0 Å². The molecule has 1 aromatic rings. The largest absolute Gasteiger partial charge is 0.475 e. The zero-order chi connectivity index (χ0) is 15.6. The maximum absolute atomic E-state index is 12.9. The van der Waals surface area contributed by atoms with Gasteiger partial charge in [0.2, 0.25) is 0 Å². The predicted molar refractivity (Wildman–Crippen MR) is 88.6 cm³/mol. The maximum atomic E-state index is 12.9. The minimum absolute atomic E-state index is 0.0749. The van der Waals surface area contributed by atoms with E-state index in [1.54, 1.807) is 11.0 Å². The fraction of sp³-hybridized carbons (Fsp3) is 0.467. The minimum atomic E-state index is -0.836. The summed E-state index contributed by atoms with van der Waals surface area (Å²) in [6, 6.07) is 5.42. The molecule has 0 fully saturated rings. The van der Waals surface area contributed by atoms with Crippen LogP contribution in [0.4, 0.5) is 11.4 Å². The molecule has 4 N–H and O–H groups in total. The molecule has 0 saturated carbocycles. The molecule has 0 saturated heterocycles. The van der Waals surface area contributed by atoms with Gasteiger partial charge in [-0.3, -0.25) is 4.79 Å². The SMILES string of the molecule is CCC1(CC)Oc2cccc(N)c2N(CCC(N)=S)C1=O. The van der Waals surface area contributed by atoms with Crippen LogP contribution in [0.3, 0.4) is 0 Å². The second-order valence-electron chi connectivity index (χ2n) is 5.17. The number of thiocarbonyl (C=S) groups is 1. The monoisotopic (exact) mass is 307 g/mol. The number of benzene rings is 1. The van der Waals surface area contributed by atoms with Crippen molar-refractivity contribution >= 4 is 34.5 Å². The molecule has 1 amide bonds. The number of hydrogen-bond acceptors (Lipinski definition) is 4. The number of carbonyl (C=O) groups is 1. The van der Waals surface area contributed by atoms with Gasteiger partial charge in [-0.15, -0.1) is 0 Å². The zero-order valence-corrected chi connectivity index (χ0v) is 13.2. The van der Waals surface area contributed by atoms with Gasteiger partial charge in [0.05, 0.1) is 10.7 Å². The molecule has 0 bridgehead atoms. The van der Waals surface area contributed by atoms with Gasteiger partial charge in [-0.25, -0.2) is 0 Å². The van der Waals surface area contributed by atoms with Crippen LogP contribution in [0.25, 0.3) is 0 Å². The summed E-state index contributed by atoms with van der Waals surface area (Å²) in [4.78, 5) is 14.9. The average molecular weight is 307 g/mol. The van der Waals surface area contributed by atoms with Crippen molar-refractivity contribution in [2.75, 3.05) is 17.2 Å². The van der Waals surface area contributed by atoms with Crippen LogP contribution in [0.15, 0.2) is 18.2 Å². The van der Waals surface area contributed by atoms with Gasteiger partial charge >= 0.3 is 0 Å². The molecule has 2 rings (SSSR count). The predicted octanol–water partition coefficient (Wildman–Crippen LogP) is 2.23. The minimum Gasteiger partial charge on any atom is -0.475 e. The van der Waals surface area contributed by atoms with Crippen LogP contribution >= 0.6 is 12.2 Å². The van der Waals surface area contributed by atoms with Crippen molar-refractivity contribution in [3.05, 3.63) is 18.2 Å². The van der Waals surface area contributed by atoms with Crippen LogP contribution in [0.5, 0.6) is 5.75 Å². The fourth-order valence-corrected chi connectivity index (χ4v) is 2.74. The second kappa shape index (κ2) is 5.89. The number of carbonyl (C=O) groups excluding carboxylic acids is 1. The smallest absolute Gasteiger partial charge is 0.271 e.